The van der Waals surface area contributed by atoms with Crippen molar-refractivity contribution in [2.45, 2.75) is 73.7 Å². The standard InChI is InChI=1S/C23H30N2O4S2/c1-3-14-24-30(26,27)21-10-12-22(13-11-21)31(28,29)25(19-8-9-19)20-15-18(16-20)23-7-5-4-6-17(23)2/h4-7,10-13,18-20,24H,3,8-9,14-16H2,1-2H3. The Labute approximate surface area is 185 Å². The van der Waals surface area contributed by atoms with Crippen LogP contribution in [-0.4, -0.2) is 39.8 Å². The molecule has 8 heteroatoms. The summed E-state index contributed by atoms with van der Waals surface area (Å²) in [6, 6.07) is 14.0. The van der Waals surface area contributed by atoms with E-state index in [0.717, 1.165) is 25.7 Å². The Morgan fingerprint density at radius 1 is 0.903 bits per heavy atom. The van der Waals surface area contributed by atoms with Crippen LogP contribution in [0.3, 0.4) is 0 Å². The van der Waals surface area contributed by atoms with Crippen LogP contribution in [0.15, 0.2) is 58.3 Å². The molecule has 6 nitrogen and oxygen atoms in total. The number of benzene rings is 2. The van der Waals surface area contributed by atoms with Crippen LogP contribution < -0.4 is 4.72 Å². The summed E-state index contributed by atoms with van der Waals surface area (Å²) in [5.74, 6) is 0.389. The Bertz CT molecular complexity index is 1130. The van der Waals surface area contributed by atoms with E-state index in [0.29, 0.717) is 18.9 Å². The fraction of sp³-hybridized carbons (Fsp3) is 0.478. The highest BCUT2D eigenvalue weighted by Gasteiger charge is 2.47. The summed E-state index contributed by atoms with van der Waals surface area (Å²) < 4.78 is 55.7. The van der Waals surface area contributed by atoms with Crippen LogP contribution in [0, 0.1) is 6.92 Å². The van der Waals surface area contributed by atoms with Crippen LogP contribution in [0.1, 0.15) is 56.1 Å². The molecule has 0 unspecified atom stereocenters. The zero-order valence-corrected chi connectivity index (χ0v) is 19.6. The largest absolute Gasteiger partial charge is 0.243 e. The first-order valence-corrected chi connectivity index (χ1v) is 13.8. The Balaban J connectivity index is 1.52. The molecule has 2 saturated carbocycles. The third-order valence-corrected chi connectivity index (χ3v) is 9.76. The molecule has 0 atom stereocenters. The number of sulfonamides is 2. The molecule has 2 aromatic carbocycles. The monoisotopic (exact) mass is 462 g/mol. The Kier molecular flexibility index (Phi) is 6.27. The molecule has 0 amide bonds. The van der Waals surface area contributed by atoms with Gasteiger partial charge in [-0.2, -0.15) is 4.31 Å². The van der Waals surface area contributed by atoms with Crippen molar-refractivity contribution in [2.75, 3.05) is 6.54 Å². The third kappa shape index (κ3) is 4.58. The van der Waals surface area contributed by atoms with E-state index in [1.165, 1.54) is 35.4 Å². The lowest BCUT2D eigenvalue weighted by molar-refractivity contribution is 0.184. The van der Waals surface area contributed by atoms with E-state index >= 15 is 0 Å². The second-order valence-corrected chi connectivity index (χ2v) is 12.2. The highest BCUT2D eigenvalue weighted by molar-refractivity contribution is 7.89. The number of nitrogens with zero attached hydrogens (tertiary/aromatic N) is 1. The van der Waals surface area contributed by atoms with Crippen molar-refractivity contribution in [1.82, 2.24) is 9.03 Å². The third-order valence-electron chi connectivity index (χ3n) is 6.26. The van der Waals surface area contributed by atoms with Gasteiger partial charge >= 0.3 is 0 Å². The van der Waals surface area contributed by atoms with Crippen LogP contribution in [0.5, 0.6) is 0 Å². The van der Waals surface area contributed by atoms with E-state index in [1.807, 2.05) is 19.1 Å². The number of nitrogens with one attached hydrogen (secondary N) is 1. The molecular formula is C23H30N2O4S2. The molecule has 2 aromatic rings. The number of hydrogen-bond donors (Lipinski definition) is 1. The van der Waals surface area contributed by atoms with Gasteiger partial charge in [0.1, 0.15) is 0 Å². The van der Waals surface area contributed by atoms with E-state index in [9.17, 15) is 16.8 Å². The predicted molar refractivity (Wildman–Crippen MR) is 121 cm³/mol. The summed E-state index contributed by atoms with van der Waals surface area (Å²) in [6.07, 6.45) is 4.12. The molecule has 0 heterocycles. The van der Waals surface area contributed by atoms with Crippen molar-refractivity contribution in [3.05, 3.63) is 59.7 Å². The topological polar surface area (TPSA) is 83.5 Å². The van der Waals surface area contributed by atoms with Crippen LogP contribution in [0.25, 0.3) is 0 Å². The minimum Gasteiger partial charge on any atom is -0.211 e. The van der Waals surface area contributed by atoms with Gasteiger partial charge in [-0.15, -0.1) is 0 Å². The second kappa shape index (κ2) is 8.65. The van der Waals surface area contributed by atoms with Gasteiger partial charge in [0.15, 0.2) is 0 Å². The molecule has 0 aliphatic heterocycles. The average molecular weight is 463 g/mol. The van der Waals surface area contributed by atoms with Gasteiger partial charge in [0.25, 0.3) is 0 Å². The van der Waals surface area contributed by atoms with Gasteiger partial charge in [-0.05, 0) is 80.3 Å². The molecule has 168 valence electrons. The van der Waals surface area contributed by atoms with Crippen molar-refractivity contribution >= 4 is 20.0 Å². The van der Waals surface area contributed by atoms with E-state index in [4.69, 9.17) is 0 Å². The van der Waals surface area contributed by atoms with Gasteiger partial charge in [-0.1, -0.05) is 31.2 Å². The van der Waals surface area contributed by atoms with Crippen molar-refractivity contribution in [3.63, 3.8) is 0 Å². The number of hydrogen-bond acceptors (Lipinski definition) is 4. The molecule has 0 aromatic heterocycles. The summed E-state index contributed by atoms with van der Waals surface area (Å²) in [4.78, 5) is 0.245. The minimum absolute atomic E-state index is 0.00302. The number of rotatable bonds is 9. The quantitative estimate of drug-likeness (QED) is 0.615. The first-order valence-electron chi connectivity index (χ1n) is 10.9. The van der Waals surface area contributed by atoms with Crippen molar-refractivity contribution in [1.29, 1.82) is 0 Å². The molecule has 31 heavy (non-hydrogen) atoms. The summed E-state index contributed by atoms with van der Waals surface area (Å²) in [7, 11) is -7.29. The fourth-order valence-corrected chi connectivity index (χ4v) is 7.37. The summed E-state index contributed by atoms with van der Waals surface area (Å²) in [5, 5.41) is 0. The highest BCUT2D eigenvalue weighted by Crippen LogP contribution is 2.46. The molecule has 2 fully saturated rings. The SMILES string of the molecule is CCCNS(=O)(=O)c1ccc(S(=O)(=O)N(C2CC2)C2CC(c3ccccc3C)C2)cc1. The van der Waals surface area contributed by atoms with E-state index < -0.39 is 20.0 Å². The zero-order chi connectivity index (χ0) is 22.2. The van der Waals surface area contributed by atoms with Crippen LogP contribution >= 0.6 is 0 Å². The lowest BCUT2D eigenvalue weighted by Crippen LogP contribution is -2.48. The van der Waals surface area contributed by atoms with Gasteiger partial charge in [0, 0.05) is 18.6 Å². The normalized spacial score (nSPS) is 21.8. The molecule has 0 saturated heterocycles. The number of aryl methyl sites for hydroxylation is 1. The second-order valence-electron chi connectivity index (χ2n) is 8.61. The Morgan fingerprint density at radius 2 is 1.52 bits per heavy atom. The summed E-state index contributed by atoms with van der Waals surface area (Å²) >= 11 is 0. The van der Waals surface area contributed by atoms with Crippen molar-refractivity contribution < 1.29 is 16.8 Å². The lowest BCUT2D eigenvalue weighted by Gasteiger charge is -2.43. The fourth-order valence-electron chi connectivity index (χ4n) is 4.35. The maximum atomic E-state index is 13.5. The highest BCUT2D eigenvalue weighted by atomic mass is 32.2. The Hall–Kier alpha value is -1.74. The molecule has 4 rings (SSSR count). The van der Waals surface area contributed by atoms with Gasteiger partial charge in [0.2, 0.25) is 20.0 Å². The Morgan fingerprint density at radius 3 is 2.10 bits per heavy atom. The maximum absolute atomic E-state index is 13.5. The summed E-state index contributed by atoms with van der Waals surface area (Å²) in [5.41, 5.74) is 2.56. The predicted octanol–water partition coefficient (Wildman–Crippen LogP) is 3.78. The first kappa shape index (κ1) is 22.5. The van der Waals surface area contributed by atoms with Crippen molar-refractivity contribution in [2.24, 2.45) is 0 Å². The smallest absolute Gasteiger partial charge is 0.211 e. The summed E-state index contributed by atoms with van der Waals surface area (Å²) in [6.45, 7) is 4.33. The molecule has 2 aliphatic carbocycles. The van der Waals surface area contributed by atoms with Crippen molar-refractivity contribution in [3.8, 4) is 0 Å². The molecule has 0 radical (unpaired) electrons. The molecule has 0 bridgehead atoms. The molecule has 0 spiro atoms. The lowest BCUT2D eigenvalue weighted by atomic mass is 9.74. The molecular weight excluding hydrogens is 432 g/mol. The molecule has 2 aliphatic rings. The maximum Gasteiger partial charge on any atom is 0.243 e. The van der Waals surface area contributed by atoms with Crippen LogP contribution in [0.2, 0.25) is 0 Å². The first-order chi connectivity index (χ1) is 14.7. The van der Waals surface area contributed by atoms with Crippen LogP contribution in [-0.2, 0) is 20.0 Å². The zero-order valence-electron chi connectivity index (χ0n) is 18.0. The molecule has 1 N–H and O–H groups in total. The van der Waals surface area contributed by atoms with Gasteiger partial charge < -0.3 is 0 Å². The van der Waals surface area contributed by atoms with Gasteiger partial charge in [-0.25, -0.2) is 21.6 Å². The van der Waals surface area contributed by atoms with Gasteiger partial charge in [-0.3, -0.25) is 0 Å². The van der Waals surface area contributed by atoms with E-state index in [2.05, 4.69) is 23.8 Å². The minimum atomic E-state index is -3.67. The van der Waals surface area contributed by atoms with Gasteiger partial charge in [0.05, 0.1) is 9.79 Å². The van der Waals surface area contributed by atoms with E-state index in [-0.39, 0.29) is 21.9 Å². The van der Waals surface area contributed by atoms with Crippen LogP contribution in [0.4, 0.5) is 0 Å². The van der Waals surface area contributed by atoms with E-state index in [1.54, 1.807) is 4.31 Å². The average Bonchev–Trinajstić information content (AvgIpc) is 3.54.